The van der Waals surface area contributed by atoms with Gasteiger partial charge in [-0.1, -0.05) is 48.0 Å². The Kier molecular flexibility index (Phi) is 3.03. The number of hydrogen-bond acceptors (Lipinski definition) is 2. The Labute approximate surface area is 117 Å². The third-order valence-electron chi connectivity index (χ3n) is 3.37. The first-order chi connectivity index (χ1) is 9.66. The molecule has 2 aromatic carbocycles. The van der Waals surface area contributed by atoms with Crippen molar-refractivity contribution in [2.24, 2.45) is 0 Å². The predicted molar refractivity (Wildman–Crippen MR) is 76.4 cm³/mol. The lowest BCUT2D eigenvalue weighted by molar-refractivity contribution is -0.901. The third-order valence-corrected chi connectivity index (χ3v) is 3.37. The molecule has 3 rings (SSSR count). The molecule has 1 aromatic heterocycles. The van der Waals surface area contributed by atoms with Gasteiger partial charge in [-0.25, -0.2) is 0 Å². The lowest BCUT2D eigenvalue weighted by Gasteiger charge is -1.94. The van der Waals surface area contributed by atoms with Crippen LogP contribution in [-0.2, 0) is 0 Å². The van der Waals surface area contributed by atoms with Crippen LogP contribution in [0.25, 0.3) is 22.8 Å². The zero-order valence-electron chi connectivity index (χ0n) is 11.5. The first-order valence-corrected chi connectivity index (χ1v) is 6.54. The molecular weight excluding hydrogens is 250 g/mol. The standard InChI is InChI=1S/C17H16NO2/c1-12-8-10-15(11-9-12)17-18(19)13(2)16(20-17)14-6-4-3-5-7-14/h3-11,19H,1-2H3/q+1. The van der Waals surface area contributed by atoms with Gasteiger partial charge in [-0.05, 0) is 19.1 Å². The van der Waals surface area contributed by atoms with Gasteiger partial charge in [0, 0.05) is 12.5 Å². The normalized spacial score (nSPS) is 10.7. The topological polar surface area (TPSA) is 37.2 Å². The van der Waals surface area contributed by atoms with E-state index < -0.39 is 0 Å². The maximum absolute atomic E-state index is 10.2. The van der Waals surface area contributed by atoms with Crippen LogP contribution in [0.1, 0.15) is 11.3 Å². The quantitative estimate of drug-likeness (QED) is 0.566. The van der Waals surface area contributed by atoms with Crippen LogP contribution in [0.15, 0.2) is 59.0 Å². The van der Waals surface area contributed by atoms with E-state index in [-0.39, 0.29) is 0 Å². The van der Waals surface area contributed by atoms with Crippen molar-refractivity contribution in [3.05, 3.63) is 65.9 Å². The van der Waals surface area contributed by atoms with E-state index in [0.29, 0.717) is 17.3 Å². The van der Waals surface area contributed by atoms with Crippen molar-refractivity contribution in [3.63, 3.8) is 0 Å². The molecule has 0 amide bonds. The Morgan fingerprint density at radius 3 is 2.15 bits per heavy atom. The minimum atomic E-state index is 0.446. The smallest absolute Gasteiger partial charge is 0.394 e. The van der Waals surface area contributed by atoms with Gasteiger partial charge in [-0.15, -0.1) is 0 Å². The molecule has 0 bridgehead atoms. The van der Waals surface area contributed by atoms with E-state index in [4.69, 9.17) is 4.42 Å². The monoisotopic (exact) mass is 266 g/mol. The maximum atomic E-state index is 10.2. The van der Waals surface area contributed by atoms with Crippen LogP contribution in [0.2, 0.25) is 0 Å². The van der Waals surface area contributed by atoms with Crippen molar-refractivity contribution in [1.29, 1.82) is 0 Å². The summed E-state index contributed by atoms with van der Waals surface area (Å²) in [5.41, 5.74) is 3.66. The maximum Gasteiger partial charge on any atom is 0.430 e. The highest BCUT2D eigenvalue weighted by Crippen LogP contribution is 2.27. The van der Waals surface area contributed by atoms with Gasteiger partial charge in [0.2, 0.25) is 5.76 Å². The number of benzene rings is 2. The van der Waals surface area contributed by atoms with E-state index in [9.17, 15) is 5.21 Å². The van der Waals surface area contributed by atoms with Gasteiger partial charge in [0.25, 0.3) is 5.69 Å². The predicted octanol–water partition coefficient (Wildman–Crippen LogP) is 3.76. The van der Waals surface area contributed by atoms with Crippen LogP contribution < -0.4 is 4.73 Å². The second-order valence-corrected chi connectivity index (χ2v) is 4.87. The van der Waals surface area contributed by atoms with Crippen molar-refractivity contribution in [3.8, 4) is 22.8 Å². The fourth-order valence-corrected chi connectivity index (χ4v) is 2.20. The molecule has 0 saturated heterocycles. The van der Waals surface area contributed by atoms with Crippen molar-refractivity contribution in [1.82, 2.24) is 0 Å². The lowest BCUT2D eigenvalue weighted by Crippen LogP contribution is -2.33. The number of oxazole rings is 1. The fourth-order valence-electron chi connectivity index (χ4n) is 2.20. The second kappa shape index (κ2) is 4.85. The number of rotatable bonds is 2. The third kappa shape index (κ3) is 2.07. The first-order valence-electron chi connectivity index (χ1n) is 6.54. The molecule has 100 valence electrons. The van der Waals surface area contributed by atoms with Crippen molar-refractivity contribution in [2.45, 2.75) is 13.8 Å². The van der Waals surface area contributed by atoms with E-state index in [1.165, 1.54) is 5.56 Å². The van der Waals surface area contributed by atoms with Crippen LogP contribution in [-0.4, -0.2) is 5.21 Å². The molecule has 0 unspecified atom stereocenters. The summed E-state index contributed by atoms with van der Waals surface area (Å²) >= 11 is 0. The number of aromatic nitrogens is 1. The van der Waals surface area contributed by atoms with Gasteiger partial charge in [0.05, 0.1) is 10.3 Å². The van der Waals surface area contributed by atoms with Crippen LogP contribution >= 0.6 is 0 Å². The molecule has 0 aliphatic carbocycles. The van der Waals surface area contributed by atoms with E-state index in [2.05, 4.69) is 0 Å². The zero-order chi connectivity index (χ0) is 14.1. The van der Waals surface area contributed by atoms with E-state index in [1.54, 1.807) is 0 Å². The second-order valence-electron chi connectivity index (χ2n) is 4.87. The Bertz CT molecular complexity index is 728. The van der Waals surface area contributed by atoms with Crippen LogP contribution in [0.4, 0.5) is 0 Å². The molecule has 3 heteroatoms. The zero-order valence-corrected chi connectivity index (χ0v) is 11.5. The van der Waals surface area contributed by atoms with Crippen LogP contribution in [0, 0.1) is 13.8 Å². The molecule has 0 aliphatic heterocycles. The Morgan fingerprint density at radius 1 is 0.850 bits per heavy atom. The lowest BCUT2D eigenvalue weighted by atomic mass is 10.1. The molecule has 20 heavy (non-hydrogen) atoms. The summed E-state index contributed by atoms with van der Waals surface area (Å²) in [7, 11) is 0. The van der Waals surface area contributed by atoms with Crippen molar-refractivity contribution in [2.75, 3.05) is 0 Å². The van der Waals surface area contributed by atoms with Gasteiger partial charge >= 0.3 is 5.89 Å². The highest BCUT2D eigenvalue weighted by molar-refractivity contribution is 5.61. The van der Waals surface area contributed by atoms with Gasteiger partial charge in [-0.2, -0.15) is 0 Å². The average Bonchev–Trinajstić information content (AvgIpc) is 2.77. The summed E-state index contributed by atoms with van der Waals surface area (Å²) in [4.78, 5) is 0. The van der Waals surface area contributed by atoms with Crippen molar-refractivity contribution >= 4 is 0 Å². The van der Waals surface area contributed by atoms with Gasteiger partial charge in [-0.3, -0.25) is 5.21 Å². The minimum Gasteiger partial charge on any atom is -0.394 e. The molecule has 0 fully saturated rings. The SMILES string of the molecule is Cc1ccc(-c2oc(-c3ccccc3)c(C)[n+]2O)cc1. The molecule has 1 N–H and O–H groups in total. The van der Waals surface area contributed by atoms with E-state index in [0.717, 1.165) is 15.9 Å². The molecule has 0 saturated carbocycles. The highest BCUT2D eigenvalue weighted by atomic mass is 16.5. The molecule has 0 aliphatic rings. The summed E-state index contributed by atoms with van der Waals surface area (Å²) in [5, 5.41) is 10.2. The summed E-state index contributed by atoms with van der Waals surface area (Å²) < 4.78 is 6.97. The molecule has 0 atom stereocenters. The fraction of sp³-hybridized carbons (Fsp3) is 0.118. The molecule has 0 radical (unpaired) electrons. The average molecular weight is 266 g/mol. The van der Waals surface area contributed by atoms with E-state index >= 15 is 0 Å². The van der Waals surface area contributed by atoms with E-state index in [1.807, 2.05) is 68.4 Å². The van der Waals surface area contributed by atoms with Gasteiger partial charge in [0.15, 0.2) is 0 Å². The van der Waals surface area contributed by atoms with Gasteiger partial charge < -0.3 is 4.42 Å². The largest absolute Gasteiger partial charge is 0.430 e. The molecule has 3 aromatic rings. The Morgan fingerprint density at radius 2 is 1.50 bits per heavy atom. The molecule has 0 spiro atoms. The molecular formula is C17H16NO2+. The number of aryl methyl sites for hydroxylation is 1. The molecule has 3 nitrogen and oxygen atoms in total. The first kappa shape index (κ1) is 12.5. The van der Waals surface area contributed by atoms with Crippen LogP contribution in [0.5, 0.6) is 0 Å². The highest BCUT2D eigenvalue weighted by Gasteiger charge is 2.28. The van der Waals surface area contributed by atoms with Gasteiger partial charge in [0.1, 0.15) is 0 Å². The summed E-state index contributed by atoms with van der Waals surface area (Å²) in [6.07, 6.45) is 0. The Balaban J connectivity index is 2.13. The van der Waals surface area contributed by atoms with Crippen molar-refractivity contribution < 1.29 is 14.4 Å². The summed E-state index contributed by atoms with van der Waals surface area (Å²) in [6, 6.07) is 17.6. The van der Waals surface area contributed by atoms with Crippen LogP contribution in [0.3, 0.4) is 0 Å². The minimum absolute atomic E-state index is 0.446. The summed E-state index contributed by atoms with van der Waals surface area (Å²) in [6.45, 7) is 3.86. The number of nitrogens with zero attached hydrogens (tertiary/aromatic N) is 1. The molecule has 1 heterocycles. The number of hydrogen-bond donors (Lipinski definition) is 1. The Hall–Kier alpha value is -2.55. The summed E-state index contributed by atoms with van der Waals surface area (Å²) in [5.74, 6) is 1.13.